The molecule has 0 unspecified atom stereocenters. The molecule has 1 heterocycles. The van der Waals surface area contributed by atoms with Crippen LogP contribution in [-0.2, 0) is 6.54 Å². The monoisotopic (exact) mass is 384 g/mol. The molecule has 0 aliphatic rings. The quantitative estimate of drug-likeness (QED) is 0.649. The van der Waals surface area contributed by atoms with E-state index in [2.05, 4.69) is 36.5 Å². The summed E-state index contributed by atoms with van der Waals surface area (Å²) in [5, 5.41) is 6.55. The number of nitrogens with zero attached hydrogens (tertiary/aromatic N) is 2. The van der Waals surface area contributed by atoms with Crippen LogP contribution in [0, 0.1) is 0 Å². The van der Waals surface area contributed by atoms with Crippen LogP contribution in [-0.4, -0.2) is 17.1 Å². The summed E-state index contributed by atoms with van der Waals surface area (Å²) in [6, 6.07) is 17.7. The first-order valence-corrected chi connectivity index (χ1v) is 8.24. The fraction of sp³-hybridized carbons (Fsp3) is 0.111. The fourth-order valence-corrected chi connectivity index (χ4v) is 2.50. The van der Waals surface area contributed by atoms with Gasteiger partial charge in [0.15, 0.2) is 0 Å². The van der Waals surface area contributed by atoms with E-state index in [1.807, 2.05) is 54.6 Å². The summed E-state index contributed by atoms with van der Waals surface area (Å²) in [5.41, 5.74) is 2.04. The van der Waals surface area contributed by atoms with Crippen molar-refractivity contribution in [3.63, 3.8) is 0 Å². The van der Waals surface area contributed by atoms with Gasteiger partial charge in [-0.05, 0) is 30.3 Å². The molecule has 5 nitrogen and oxygen atoms in total. The van der Waals surface area contributed by atoms with Crippen LogP contribution in [0.15, 0.2) is 65.4 Å². The summed E-state index contributed by atoms with van der Waals surface area (Å²) >= 11 is 3.42. The zero-order valence-electron chi connectivity index (χ0n) is 13.2. The summed E-state index contributed by atoms with van der Waals surface area (Å²) < 4.78 is 6.39. The van der Waals surface area contributed by atoms with Crippen LogP contribution in [0.2, 0.25) is 0 Å². The Bertz CT molecular complexity index is 808. The summed E-state index contributed by atoms with van der Waals surface area (Å²) in [6.07, 6.45) is 1.53. The minimum Gasteiger partial charge on any atom is -0.496 e. The number of rotatable bonds is 6. The smallest absolute Gasteiger partial charge is 0.135 e. The van der Waals surface area contributed by atoms with Crippen LogP contribution >= 0.6 is 15.9 Å². The lowest BCUT2D eigenvalue weighted by Crippen LogP contribution is -2.04. The highest BCUT2D eigenvalue weighted by atomic mass is 79.9. The maximum absolute atomic E-state index is 5.36. The molecule has 2 aromatic carbocycles. The number of hydrogen-bond acceptors (Lipinski definition) is 5. The van der Waals surface area contributed by atoms with Crippen molar-refractivity contribution in [3.05, 3.63) is 71.0 Å². The van der Waals surface area contributed by atoms with E-state index in [9.17, 15) is 0 Å². The van der Waals surface area contributed by atoms with Crippen molar-refractivity contribution in [3.8, 4) is 5.75 Å². The lowest BCUT2D eigenvalue weighted by Gasteiger charge is -2.11. The Morgan fingerprint density at radius 2 is 1.75 bits per heavy atom. The standard InChI is InChI=1S/C18H17BrN4O/c1-24-16-5-3-2-4-13(16)11-20-17-10-18(22-12-21-17)23-15-8-6-14(19)7-9-15/h2-10,12H,11H2,1H3,(H2,20,21,22,23). The van der Waals surface area contributed by atoms with Gasteiger partial charge in [0.1, 0.15) is 23.7 Å². The van der Waals surface area contributed by atoms with E-state index in [0.717, 1.165) is 33.1 Å². The number of anilines is 3. The molecule has 24 heavy (non-hydrogen) atoms. The maximum Gasteiger partial charge on any atom is 0.135 e. The molecule has 0 bridgehead atoms. The van der Waals surface area contributed by atoms with Gasteiger partial charge in [-0.1, -0.05) is 34.1 Å². The number of nitrogens with one attached hydrogen (secondary N) is 2. The molecule has 0 atom stereocenters. The Morgan fingerprint density at radius 3 is 2.54 bits per heavy atom. The third-order valence-corrected chi connectivity index (χ3v) is 3.96. The minimum atomic E-state index is 0.624. The molecule has 0 saturated heterocycles. The molecule has 0 saturated carbocycles. The molecule has 0 aliphatic heterocycles. The van der Waals surface area contributed by atoms with Crippen molar-refractivity contribution in [2.24, 2.45) is 0 Å². The molecule has 3 rings (SSSR count). The Balaban J connectivity index is 1.68. The number of methoxy groups -OCH3 is 1. The minimum absolute atomic E-state index is 0.624. The summed E-state index contributed by atoms with van der Waals surface area (Å²) in [7, 11) is 1.67. The van der Waals surface area contributed by atoms with E-state index in [1.165, 1.54) is 6.33 Å². The van der Waals surface area contributed by atoms with Gasteiger partial charge in [0.05, 0.1) is 7.11 Å². The third kappa shape index (κ3) is 4.23. The molecular weight excluding hydrogens is 368 g/mol. The van der Waals surface area contributed by atoms with E-state index in [1.54, 1.807) is 7.11 Å². The van der Waals surface area contributed by atoms with Gasteiger partial charge in [-0.3, -0.25) is 0 Å². The van der Waals surface area contributed by atoms with Gasteiger partial charge in [-0.15, -0.1) is 0 Å². The van der Waals surface area contributed by atoms with Gasteiger partial charge in [-0.2, -0.15) is 0 Å². The molecule has 0 amide bonds. The van der Waals surface area contributed by atoms with Crippen molar-refractivity contribution in [2.75, 3.05) is 17.7 Å². The molecule has 0 aliphatic carbocycles. The second kappa shape index (κ2) is 7.79. The zero-order valence-corrected chi connectivity index (χ0v) is 14.7. The third-order valence-electron chi connectivity index (χ3n) is 3.44. The van der Waals surface area contributed by atoms with Gasteiger partial charge in [-0.25, -0.2) is 9.97 Å². The molecule has 122 valence electrons. The maximum atomic E-state index is 5.36. The molecular formula is C18H17BrN4O. The van der Waals surface area contributed by atoms with Crippen molar-refractivity contribution in [1.29, 1.82) is 0 Å². The van der Waals surface area contributed by atoms with E-state index < -0.39 is 0 Å². The SMILES string of the molecule is COc1ccccc1CNc1cc(Nc2ccc(Br)cc2)ncn1. The van der Waals surface area contributed by atoms with Crippen LogP contribution in [0.25, 0.3) is 0 Å². The predicted octanol–water partition coefficient (Wildman–Crippen LogP) is 4.60. The highest BCUT2D eigenvalue weighted by Crippen LogP contribution is 2.21. The predicted molar refractivity (Wildman–Crippen MR) is 99.8 cm³/mol. The Labute approximate surface area is 149 Å². The van der Waals surface area contributed by atoms with Crippen molar-refractivity contribution >= 4 is 33.3 Å². The van der Waals surface area contributed by atoms with Crippen LogP contribution in [0.4, 0.5) is 17.3 Å². The lowest BCUT2D eigenvalue weighted by atomic mass is 10.2. The van der Waals surface area contributed by atoms with Gasteiger partial charge in [0, 0.05) is 28.3 Å². The Hall–Kier alpha value is -2.60. The van der Waals surface area contributed by atoms with E-state index in [4.69, 9.17) is 4.74 Å². The van der Waals surface area contributed by atoms with Gasteiger partial charge >= 0.3 is 0 Å². The van der Waals surface area contributed by atoms with Crippen molar-refractivity contribution in [2.45, 2.75) is 6.54 Å². The second-order valence-electron chi connectivity index (χ2n) is 5.09. The highest BCUT2D eigenvalue weighted by molar-refractivity contribution is 9.10. The number of halogens is 1. The van der Waals surface area contributed by atoms with Gasteiger partial charge in [0.2, 0.25) is 0 Å². The summed E-state index contributed by atoms with van der Waals surface area (Å²) in [6.45, 7) is 0.624. The molecule has 2 N–H and O–H groups in total. The van der Waals surface area contributed by atoms with E-state index in [0.29, 0.717) is 6.54 Å². The number of aromatic nitrogens is 2. The molecule has 6 heteroatoms. The first kappa shape index (κ1) is 16.3. The van der Waals surface area contributed by atoms with Crippen LogP contribution < -0.4 is 15.4 Å². The van der Waals surface area contributed by atoms with Crippen molar-refractivity contribution in [1.82, 2.24) is 9.97 Å². The van der Waals surface area contributed by atoms with Crippen molar-refractivity contribution < 1.29 is 4.74 Å². The number of hydrogen-bond donors (Lipinski definition) is 2. The average Bonchev–Trinajstić information content (AvgIpc) is 2.62. The Kier molecular flexibility index (Phi) is 5.28. The molecule has 1 aromatic heterocycles. The normalized spacial score (nSPS) is 10.2. The second-order valence-corrected chi connectivity index (χ2v) is 6.00. The fourth-order valence-electron chi connectivity index (χ4n) is 2.24. The van der Waals surface area contributed by atoms with Gasteiger partial charge in [0.25, 0.3) is 0 Å². The first-order chi connectivity index (χ1) is 11.7. The zero-order chi connectivity index (χ0) is 16.8. The topological polar surface area (TPSA) is 59.1 Å². The first-order valence-electron chi connectivity index (χ1n) is 7.45. The van der Waals surface area contributed by atoms with Crippen LogP contribution in [0.1, 0.15) is 5.56 Å². The summed E-state index contributed by atoms with van der Waals surface area (Å²) in [5.74, 6) is 2.33. The molecule has 0 radical (unpaired) electrons. The van der Waals surface area contributed by atoms with Crippen LogP contribution in [0.3, 0.4) is 0 Å². The average molecular weight is 385 g/mol. The van der Waals surface area contributed by atoms with E-state index >= 15 is 0 Å². The number of benzene rings is 2. The molecule has 0 fully saturated rings. The summed E-state index contributed by atoms with van der Waals surface area (Å²) in [4.78, 5) is 8.50. The molecule has 0 spiro atoms. The van der Waals surface area contributed by atoms with Crippen LogP contribution in [0.5, 0.6) is 5.75 Å². The van der Waals surface area contributed by atoms with Gasteiger partial charge < -0.3 is 15.4 Å². The largest absolute Gasteiger partial charge is 0.496 e. The Morgan fingerprint density at radius 1 is 1.00 bits per heavy atom. The molecule has 3 aromatic rings. The number of ether oxygens (including phenoxy) is 1. The highest BCUT2D eigenvalue weighted by Gasteiger charge is 2.03. The number of para-hydroxylation sites is 1. The van der Waals surface area contributed by atoms with E-state index in [-0.39, 0.29) is 0 Å². The lowest BCUT2D eigenvalue weighted by molar-refractivity contribution is 0.410.